The number of benzene rings is 2. The summed E-state index contributed by atoms with van der Waals surface area (Å²) >= 11 is 1.38. The zero-order valence-corrected chi connectivity index (χ0v) is 16.4. The second kappa shape index (κ2) is 9.21. The Morgan fingerprint density at radius 3 is 2.57 bits per heavy atom. The maximum Gasteiger partial charge on any atom is 0.266 e. The lowest BCUT2D eigenvalue weighted by molar-refractivity contribution is 0.682. The summed E-state index contributed by atoms with van der Waals surface area (Å²) in [7, 11) is 0. The van der Waals surface area contributed by atoms with Gasteiger partial charge >= 0.3 is 0 Å². The van der Waals surface area contributed by atoms with Crippen LogP contribution in [0.4, 0.5) is 0 Å². The van der Waals surface area contributed by atoms with Gasteiger partial charge in [-0.1, -0.05) is 43.0 Å². The van der Waals surface area contributed by atoms with Crippen LogP contribution in [0.3, 0.4) is 0 Å². The molecule has 0 unspecified atom stereocenters. The Balaban J connectivity index is 2.05. The number of para-hydroxylation sites is 1. The Labute approximate surface area is 168 Å². The molecule has 1 atom stereocenters. The van der Waals surface area contributed by atoms with Crippen molar-refractivity contribution in [1.82, 2.24) is 9.55 Å². The van der Waals surface area contributed by atoms with Gasteiger partial charge in [-0.3, -0.25) is 9.36 Å². The summed E-state index contributed by atoms with van der Waals surface area (Å²) in [5, 5.41) is 19.2. The van der Waals surface area contributed by atoms with Gasteiger partial charge in [-0.15, -0.1) is 0 Å². The van der Waals surface area contributed by atoms with Crippen molar-refractivity contribution in [3.63, 3.8) is 0 Å². The quantitative estimate of drug-likeness (QED) is 0.440. The highest BCUT2D eigenvalue weighted by molar-refractivity contribution is 7.99. The van der Waals surface area contributed by atoms with Gasteiger partial charge in [0.2, 0.25) is 0 Å². The van der Waals surface area contributed by atoms with Crippen molar-refractivity contribution < 1.29 is 0 Å². The molecular weight excluding hydrogens is 368 g/mol. The fourth-order valence-corrected chi connectivity index (χ4v) is 3.99. The van der Waals surface area contributed by atoms with Crippen LogP contribution in [0.1, 0.15) is 25.3 Å². The van der Waals surface area contributed by atoms with Gasteiger partial charge in [-0.05, 0) is 42.7 Å². The molecule has 0 bridgehead atoms. The zero-order valence-electron chi connectivity index (χ0n) is 15.6. The number of rotatable bonds is 7. The second-order valence-corrected chi connectivity index (χ2v) is 7.39. The van der Waals surface area contributed by atoms with Crippen LogP contribution in [0.2, 0.25) is 0 Å². The molecule has 1 heterocycles. The van der Waals surface area contributed by atoms with Gasteiger partial charge in [0.1, 0.15) is 0 Å². The third-order valence-electron chi connectivity index (χ3n) is 4.55. The fraction of sp³-hybridized carbons (Fsp3) is 0.273. The molecule has 0 spiro atoms. The van der Waals surface area contributed by atoms with E-state index in [1.54, 1.807) is 10.6 Å². The number of aryl methyl sites for hydroxylation is 1. The Morgan fingerprint density at radius 1 is 1.14 bits per heavy atom. The topological polar surface area (TPSA) is 82.5 Å². The molecule has 0 fully saturated rings. The normalized spacial score (nSPS) is 11.7. The molecule has 0 saturated carbocycles. The van der Waals surface area contributed by atoms with Crippen molar-refractivity contribution in [2.75, 3.05) is 5.75 Å². The molecule has 1 aromatic heterocycles. The predicted octanol–water partition coefficient (Wildman–Crippen LogP) is 4.48. The van der Waals surface area contributed by atoms with Crippen LogP contribution in [0.25, 0.3) is 16.6 Å². The Hall–Kier alpha value is -3.09. The van der Waals surface area contributed by atoms with Crippen LogP contribution >= 0.6 is 11.8 Å². The van der Waals surface area contributed by atoms with E-state index < -0.39 is 0 Å². The van der Waals surface area contributed by atoms with Crippen molar-refractivity contribution in [1.29, 1.82) is 10.5 Å². The number of fused-ring (bicyclic) bond motifs is 1. The van der Waals surface area contributed by atoms with Crippen molar-refractivity contribution in [3.05, 3.63) is 64.4 Å². The van der Waals surface area contributed by atoms with Crippen molar-refractivity contribution in [2.24, 2.45) is 5.92 Å². The SMILES string of the molecule is CCc1ccc(-n2c(SC[C@@H](C#N)CCC#N)nc3ccccc3c2=O)cc1. The van der Waals surface area contributed by atoms with E-state index in [-0.39, 0.29) is 11.5 Å². The van der Waals surface area contributed by atoms with Crippen LogP contribution in [0.15, 0.2) is 58.5 Å². The first kappa shape index (κ1) is 19.7. The summed E-state index contributed by atoms with van der Waals surface area (Å²) in [6, 6.07) is 19.5. The smallest absolute Gasteiger partial charge is 0.266 e. The molecule has 2 aromatic carbocycles. The fourth-order valence-electron chi connectivity index (χ4n) is 2.92. The summed E-state index contributed by atoms with van der Waals surface area (Å²) in [6.07, 6.45) is 1.79. The number of nitrogens with zero attached hydrogens (tertiary/aromatic N) is 4. The van der Waals surface area contributed by atoms with Gasteiger partial charge in [0.15, 0.2) is 5.16 Å². The van der Waals surface area contributed by atoms with Crippen molar-refractivity contribution >= 4 is 22.7 Å². The van der Waals surface area contributed by atoms with E-state index in [4.69, 9.17) is 10.2 Å². The molecule has 0 aliphatic rings. The molecule has 0 N–H and O–H groups in total. The van der Waals surface area contributed by atoms with Gasteiger partial charge in [0, 0.05) is 12.2 Å². The third-order valence-corrected chi connectivity index (χ3v) is 5.65. The Kier molecular flexibility index (Phi) is 6.47. The van der Waals surface area contributed by atoms with E-state index in [9.17, 15) is 10.1 Å². The summed E-state index contributed by atoms with van der Waals surface area (Å²) in [5.74, 6) is 0.222. The highest BCUT2D eigenvalue weighted by atomic mass is 32.2. The molecule has 5 nitrogen and oxygen atoms in total. The lowest BCUT2D eigenvalue weighted by atomic mass is 10.1. The predicted molar refractivity (Wildman–Crippen MR) is 111 cm³/mol. The van der Waals surface area contributed by atoms with Crippen LogP contribution in [-0.4, -0.2) is 15.3 Å². The van der Waals surface area contributed by atoms with Crippen LogP contribution in [0.5, 0.6) is 0 Å². The summed E-state index contributed by atoms with van der Waals surface area (Å²) in [5.41, 5.74) is 2.47. The first-order chi connectivity index (χ1) is 13.7. The van der Waals surface area contributed by atoms with E-state index >= 15 is 0 Å². The van der Waals surface area contributed by atoms with E-state index in [1.807, 2.05) is 42.5 Å². The highest BCUT2D eigenvalue weighted by Gasteiger charge is 2.16. The zero-order chi connectivity index (χ0) is 19.9. The average Bonchev–Trinajstić information content (AvgIpc) is 2.74. The van der Waals surface area contributed by atoms with E-state index in [0.29, 0.717) is 34.7 Å². The Bertz CT molecular complexity index is 1110. The van der Waals surface area contributed by atoms with Gasteiger partial charge < -0.3 is 0 Å². The number of thioether (sulfide) groups is 1. The van der Waals surface area contributed by atoms with Crippen LogP contribution in [-0.2, 0) is 6.42 Å². The second-order valence-electron chi connectivity index (χ2n) is 6.41. The molecule has 0 saturated heterocycles. The molecule has 0 aliphatic heterocycles. The summed E-state index contributed by atoms with van der Waals surface area (Å²) in [4.78, 5) is 17.9. The minimum absolute atomic E-state index is 0.122. The van der Waals surface area contributed by atoms with E-state index in [1.165, 1.54) is 17.3 Å². The standard InChI is InChI=1S/C22H20N4OS/c1-2-16-9-11-18(12-10-16)26-21(27)19-7-3-4-8-20(19)25-22(26)28-15-17(14-24)6-5-13-23/h3-4,7-12,17H,2,5-6,15H2,1H3/t17-/m1/s1. The maximum atomic E-state index is 13.2. The molecule has 0 radical (unpaired) electrons. The number of hydrogen-bond donors (Lipinski definition) is 0. The van der Waals surface area contributed by atoms with Gasteiger partial charge in [-0.25, -0.2) is 4.98 Å². The van der Waals surface area contributed by atoms with E-state index in [2.05, 4.69) is 19.1 Å². The lowest BCUT2D eigenvalue weighted by Gasteiger charge is -2.14. The lowest BCUT2D eigenvalue weighted by Crippen LogP contribution is -2.22. The molecule has 28 heavy (non-hydrogen) atoms. The molecule has 6 heteroatoms. The maximum absolute atomic E-state index is 13.2. The van der Waals surface area contributed by atoms with Crippen LogP contribution < -0.4 is 5.56 Å². The summed E-state index contributed by atoms with van der Waals surface area (Å²) < 4.78 is 1.62. The minimum Gasteiger partial charge on any atom is -0.268 e. The number of nitriles is 2. The number of aromatic nitrogens is 2. The van der Waals surface area contributed by atoms with E-state index in [0.717, 1.165) is 12.1 Å². The largest absolute Gasteiger partial charge is 0.268 e. The molecule has 140 valence electrons. The number of hydrogen-bond acceptors (Lipinski definition) is 5. The average molecular weight is 388 g/mol. The Morgan fingerprint density at radius 2 is 1.89 bits per heavy atom. The third kappa shape index (κ3) is 4.24. The molecule has 3 rings (SSSR count). The molecule has 0 aliphatic carbocycles. The van der Waals surface area contributed by atoms with Gasteiger partial charge in [0.25, 0.3) is 5.56 Å². The van der Waals surface area contributed by atoms with Crippen molar-refractivity contribution in [2.45, 2.75) is 31.3 Å². The molecular formula is C22H20N4OS. The van der Waals surface area contributed by atoms with Gasteiger partial charge in [0.05, 0.1) is 34.6 Å². The molecule has 3 aromatic rings. The monoisotopic (exact) mass is 388 g/mol. The highest BCUT2D eigenvalue weighted by Crippen LogP contribution is 2.24. The first-order valence-electron chi connectivity index (χ1n) is 9.18. The van der Waals surface area contributed by atoms with Crippen LogP contribution in [0, 0.1) is 28.6 Å². The van der Waals surface area contributed by atoms with Gasteiger partial charge in [-0.2, -0.15) is 10.5 Å². The van der Waals surface area contributed by atoms with Crippen molar-refractivity contribution in [3.8, 4) is 17.8 Å². The molecule has 0 amide bonds. The first-order valence-corrected chi connectivity index (χ1v) is 10.2. The minimum atomic E-state index is -0.260. The summed E-state index contributed by atoms with van der Waals surface area (Å²) in [6.45, 7) is 2.09.